The Labute approximate surface area is 63.2 Å². The van der Waals surface area contributed by atoms with E-state index in [-0.39, 0.29) is 0 Å². The molecule has 0 rings (SSSR count). The Morgan fingerprint density at radius 1 is 1.60 bits per heavy atom. The summed E-state index contributed by atoms with van der Waals surface area (Å²) in [5.74, 6) is 0. The zero-order valence-corrected chi connectivity index (χ0v) is 7.02. The molecular formula is C9H15N. The number of allylic oxidation sites excluding steroid dienone is 3. The Hall–Kier alpha value is -0.850. The summed E-state index contributed by atoms with van der Waals surface area (Å²) in [6.45, 7) is 7.76. The van der Waals surface area contributed by atoms with E-state index in [4.69, 9.17) is 0 Å². The molecule has 56 valence electrons. The van der Waals surface area contributed by atoms with Crippen molar-refractivity contribution >= 4 is 5.71 Å². The predicted molar refractivity (Wildman–Crippen MR) is 47.6 cm³/mol. The molecule has 0 aromatic heterocycles. The number of nitrogens with zero attached hydrogens (tertiary/aromatic N) is 1. The lowest BCUT2D eigenvalue weighted by Gasteiger charge is -1.99. The van der Waals surface area contributed by atoms with Crippen LogP contribution in [0, 0.1) is 0 Å². The first kappa shape index (κ1) is 9.15. The highest BCUT2D eigenvalue weighted by molar-refractivity contribution is 5.98. The average Bonchev–Trinajstić information content (AvgIpc) is 1.99. The fourth-order valence-electron chi connectivity index (χ4n) is 0.780. The summed E-state index contributed by atoms with van der Waals surface area (Å²) in [6, 6.07) is 0. The molecule has 0 aliphatic heterocycles. The van der Waals surface area contributed by atoms with Crippen molar-refractivity contribution in [2.45, 2.75) is 20.3 Å². The Bertz CT molecular complexity index is 164. The highest BCUT2D eigenvalue weighted by Gasteiger charge is 1.93. The Morgan fingerprint density at radius 2 is 2.20 bits per heavy atom. The Morgan fingerprint density at radius 3 is 2.50 bits per heavy atom. The molecule has 0 saturated carbocycles. The van der Waals surface area contributed by atoms with Gasteiger partial charge in [-0.2, -0.15) is 0 Å². The van der Waals surface area contributed by atoms with Crippen LogP contribution in [0.1, 0.15) is 20.3 Å². The molecule has 0 radical (unpaired) electrons. The smallest absolute Gasteiger partial charge is 0.0345 e. The van der Waals surface area contributed by atoms with Crippen molar-refractivity contribution in [2.75, 3.05) is 7.05 Å². The van der Waals surface area contributed by atoms with Crippen molar-refractivity contribution < 1.29 is 0 Å². The van der Waals surface area contributed by atoms with E-state index in [9.17, 15) is 0 Å². The van der Waals surface area contributed by atoms with E-state index in [1.54, 1.807) is 6.08 Å². The largest absolute Gasteiger partial charge is 0.293 e. The molecule has 1 nitrogen and oxygen atoms in total. The first-order chi connectivity index (χ1) is 4.76. The maximum Gasteiger partial charge on any atom is 0.0345 e. The van der Waals surface area contributed by atoms with E-state index < -0.39 is 0 Å². The molecule has 0 unspecified atom stereocenters. The van der Waals surface area contributed by atoms with Gasteiger partial charge in [-0.25, -0.2) is 0 Å². The van der Waals surface area contributed by atoms with Gasteiger partial charge >= 0.3 is 0 Å². The molecule has 0 atom stereocenters. The fourth-order valence-corrected chi connectivity index (χ4v) is 0.780. The van der Waals surface area contributed by atoms with Crippen molar-refractivity contribution in [2.24, 2.45) is 4.99 Å². The van der Waals surface area contributed by atoms with Crippen molar-refractivity contribution in [3.05, 3.63) is 24.3 Å². The highest BCUT2D eigenvalue weighted by atomic mass is 14.7. The van der Waals surface area contributed by atoms with Crippen molar-refractivity contribution in [1.29, 1.82) is 0 Å². The van der Waals surface area contributed by atoms with Crippen LogP contribution in [-0.4, -0.2) is 12.8 Å². The molecule has 0 bridgehead atoms. The first-order valence-corrected chi connectivity index (χ1v) is 3.51. The van der Waals surface area contributed by atoms with Gasteiger partial charge < -0.3 is 0 Å². The molecule has 0 N–H and O–H groups in total. The molecule has 0 aliphatic rings. The van der Waals surface area contributed by atoms with E-state index >= 15 is 0 Å². The van der Waals surface area contributed by atoms with Crippen LogP contribution in [0.15, 0.2) is 29.3 Å². The van der Waals surface area contributed by atoms with E-state index in [1.165, 1.54) is 5.57 Å². The highest BCUT2D eigenvalue weighted by Crippen LogP contribution is 2.02. The lowest BCUT2D eigenvalue weighted by Crippen LogP contribution is -1.94. The molecule has 10 heavy (non-hydrogen) atoms. The summed E-state index contributed by atoms with van der Waals surface area (Å²) in [4.78, 5) is 4.08. The minimum Gasteiger partial charge on any atom is -0.293 e. The second-order valence-electron chi connectivity index (χ2n) is 2.09. The van der Waals surface area contributed by atoms with Gasteiger partial charge in [-0.1, -0.05) is 25.7 Å². The van der Waals surface area contributed by atoms with Gasteiger partial charge in [0.2, 0.25) is 0 Å². The first-order valence-electron chi connectivity index (χ1n) is 3.51. The third-order valence-electron chi connectivity index (χ3n) is 1.50. The summed E-state index contributed by atoms with van der Waals surface area (Å²) in [5.41, 5.74) is 2.36. The average molecular weight is 137 g/mol. The molecule has 0 aromatic carbocycles. The van der Waals surface area contributed by atoms with Crippen LogP contribution in [0.25, 0.3) is 0 Å². The van der Waals surface area contributed by atoms with Crippen molar-refractivity contribution in [3.8, 4) is 0 Å². The van der Waals surface area contributed by atoms with Crippen molar-refractivity contribution in [3.63, 3.8) is 0 Å². The summed E-state index contributed by atoms with van der Waals surface area (Å²) in [6.07, 6.45) is 4.82. The SMILES string of the molecule is C=C/C=C(CC)/C(C)=N\C. The molecule has 0 heterocycles. The van der Waals surface area contributed by atoms with Crippen LogP contribution < -0.4 is 0 Å². The molecule has 0 fully saturated rings. The van der Waals surface area contributed by atoms with Gasteiger partial charge in [0.15, 0.2) is 0 Å². The molecule has 0 amide bonds. The van der Waals surface area contributed by atoms with Gasteiger partial charge in [-0.3, -0.25) is 4.99 Å². The zero-order valence-electron chi connectivity index (χ0n) is 7.02. The molecular weight excluding hydrogens is 122 g/mol. The maximum absolute atomic E-state index is 4.08. The van der Waals surface area contributed by atoms with Crippen LogP contribution >= 0.6 is 0 Å². The normalized spacial score (nSPS) is 13.5. The van der Waals surface area contributed by atoms with Gasteiger partial charge in [0, 0.05) is 12.8 Å². The van der Waals surface area contributed by atoms with E-state index in [2.05, 4.69) is 18.5 Å². The van der Waals surface area contributed by atoms with Crippen LogP contribution in [0.4, 0.5) is 0 Å². The zero-order chi connectivity index (χ0) is 7.98. The maximum atomic E-state index is 4.08. The number of hydrogen-bond acceptors (Lipinski definition) is 1. The lowest BCUT2D eigenvalue weighted by molar-refractivity contribution is 1.16. The van der Waals surface area contributed by atoms with E-state index in [0.29, 0.717) is 0 Å². The standard InChI is InChI=1S/C9H15N/c1-5-7-9(6-2)8(3)10-4/h5,7H,1,6H2,2-4H3/b9-7+,10-8-. The van der Waals surface area contributed by atoms with Crippen LogP contribution in [0.2, 0.25) is 0 Å². The summed E-state index contributed by atoms with van der Waals surface area (Å²) < 4.78 is 0. The van der Waals surface area contributed by atoms with Gasteiger partial charge in [0.05, 0.1) is 0 Å². The predicted octanol–water partition coefficient (Wildman–Crippen LogP) is 2.60. The van der Waals surface area contributed by atoms with Crippen molar-refractivity contribution in [1.82, 2.24) is 0 Å². The van der Waals surface area contributed by atoms with E-state index in [1.807, 2.05) is 20.0 Å². The molecule has 0 spiro atoms. The van der Waals surface area contributed by atoms with Gasteiger partial charge in [0.25, 0.3) is 0 Å². The topological polar surface area (TPSA) is 12.4 Å². The number of rotatable bonds is 3. The quantitative estimate of drug-likeness (QED) is 0.419. The monoisotopic (exact) mass is 137 g/mol. The Kier molecular flexibility index (Phi) is 4.55. The second-order valence-corrected chi connectivity index (χ2v) is 2.09. The summed E-state index contributed by atoms with van der Waals surface area (Å²) in [5, 5.41) is 0. The molecule has 0 aromatic rings. The third kappa shape index (κ3) is 2.62. The van der Waals surface area contributed by atoms with Crippen LogP contribution in [0.5, 0.6) is 0 Å². The number of hydrogen-bond donors (Lipinski definition) is 0. The summed E-state index contributed by atoms with van der Waals surface area (Å²) >= 11 is 0. The van der Waals surface area contributed by atoms with Gasteiger partial charge in [-0.15, -0.1) is 0 Å². The van der Waals surface area contributed by atoms with Crippen LogP contribution in [-0.2, 0) is 0 Å². The van der Waals surface area contributed by atoms with Gasteiger partial charge in [-0.05, 0) is 18.9 Å². The minimum absolute atomic E-state index is 1.02. The molecule has 0 aliphatic carbocycles. The molecule has 0 saturated heterocycles. The minimum atomic E-state index is 1.02. The molecule has 1 heteroatoms. The lowest BCUT2D eigenvalue weighted by atomic mass is 10.1. The summed E-state index contributed by atoms with van der Waals surface area (Å²) in [7, 11) is 1.81. The van der Waals surface area contributed by atoms with Crippen LogP contribution in [0.3, 0.4) is 0 Å². The third-order valence-corrected chi connectivity index (χ3v) is 1.50. The second kappa shape index (κ2) is 4.98. The van der Waals surface area contributed by atoms with Gasteiger partial charge in [0.1, 0.15) is 0 Å². The Balaban J connectivity index is 4.35. The number of aliphatic imine (C=N–C) groups is 1. The fraction of sp³-hybridized carbons (Fsp3) is 0.444. The van der Waals surface area contributed by atoms with E-state index in [0.717, 1.165) is 12.1 Å².